The Bertz CT molecular complexity index is 642. The monoisotopic (exact) mass is 295 g/mol. The van der Waals surface area contributed by atoms with E-state index in [9.17, 15) is 4.79 Å². The van der Waals surface area contributed by atoms with Crippen LogP contribution in [0.15, 0.2) is 39.1 Å². The molecule has 0 amide bonds. The smallest absolute Gasteiger partial charge is 0.251 e. The van der Waals surface area contributed by atoms with Crippen LogP contribution >= 0.6 is 23.4 Å². The molecule has 2 rings (SSSR count). The Kier molecular flexibility index (Phi) is 4.63. The van der Waals surface area contributed by atoms with E-state index in [4.69, 9.17) is 17.3 Å². The summed E-state index contributed by atoms with van der Waals surface area (Å²) in [5.41, 5.74) is 7.13. The molecule has 0 atom stereocenters. The molecule has 0 aliphatic carbocycles. The second-order valence-corrected chi connectivity index (χ2v) is 5.54. The van der Waals surface area contributed by atoms with Gasteiger partial charge in [-0.25, -0.2) is 4.98 Å². The fraction of sp³-hybridized carbons (Fsp3) is 0.231. The Hall–Kier alpha value is -1.30. The van der Waals surface area contributed by atoms with Gasteiger partial charge in [0.2, 0.25) is 0 Å². The highest BCUT2D eigenvalue weighted by Crippen LogP contribution is 2.31. The molecule has 0 aliphatic rings. The van der Waals surface area contributed by atoms with E-state index in [1.807, 2.05) is 18.2 Å². The first-order valence-corrected chi connectivity index (χ1v) is 7.02. The molecule has 2 aromatic rings. The van der Waals surface area contributed by atoms with Crippen LogP contribution in [0, 0.1) is 6.92 Å². The van der Waals surface area contributed by atoms with Crippen LogP contribution in [-0.2, 0) is 6.42 Å². The minimum Gasteiger partial charge on any atom is -0.330 e. The predicted octanol–water partition coefficient (Wildman–Crippen LogP) is 2.38. The number of aromatic nitrogens is 2. The molecule has 1 aromatic carbocycles. The Balaban J connectivity index is 2.25. The highest BCUT2D eigenvalue weighted by molar-refractivity contribution is 7.99. The van der Waals surface area contributed by atoms with Crippen LogP contribution in [0.1, 0.15) is 11.3 Å². The lowest BCUT2D eigenvalue weighted by Crippen LogP contribution is -2.07. The number of rotatable bonds is 4. The first kappa shape index (κ1) is 14.1. The molecule has 6 heteroatoms. The first-order valence-electron chi connectivity index (χ1n) is 5.83. The van der Waals surface area contributed by atoms with Crippen molar-refractivity contribution >= 4 is 23.4 Å². The van der Waals surface area contributed by atoms with Crippen molar-refractivity contribution in [2.45, 2.75) is 23.4 Å². The Morgan fingerprint density at radius 3 is 2.84 bits per heavy atom. The van der Waals surface area contributed by atoms with E-state index in [0.29, 0.717) is 22.4 Å². The largest absolute Gasteiger partial charge is 0.330 e. The molecule has 0 saturated carbocycles. The van der Waals surface area contributed by atoms with Crippen molar-refractivity contribution in [3.8, 4) is 0 Å². The Morgan fingerprint density at radius 1 is 1.42 bits per heavy atom. The van der Waals surface area contributed by atoms with Crippen LogP contribution in [0.25, 0.3) is 0 Å². The van der Waals surface area contributed by atoms with Crippen LogP contribution in [-0.4, -0.2) is 16.5 Å². The van der Waals surface area contributed by atoms with Crippen LogP contribution in [0.2, 0.25) is 5.02 Å². The molecule has 4 nitrogen and oxygen atoms in total. The van der Waals surface area contributed by atoms with E-state index in [1.165, 1.54) is 17.8 Å². The lowest BCUT2D eigenvalue weighted by molar-refractivity contribution is 0.905. The van der Waals surface area contributed by atoms with E-state index in [-0.39, 0.29) is 5.56 Å². The Morgan fingerprint density at radius 2 is 2.21 bits per heavy atom. The van der Waals surface area contributed by atoms with Gasteiger partial charge in [-0.05, 0) is 37.6 Å². The highest BCUT2D eigenvalue weighted by Gasteiger charge is 2.06. The van der Waals surface area contributed by atoms with Gasteiger partial charge in [-0.1, -0.05) is 29.4 Å². The molecule has 1 aromatic heterocycles. The van der Waals surface area contributed by atoms with Crippen LogP contribution in [0.4, 0.5) is 0 Å². The van der Waals surface area contributed by atoms with Gasteiger partial charge in [0.05, 0.1) is 5.02 Å². The fourth-order valence-electron chi connectivity index (χ4n) is 1.65. The van der Waals surface area contributed by atoms with Gasteiger partial charge in [-0.3, -0.25) is 4.79 Å². The van der Waals surface area contributed by atoms with Gasteiger partial charge in [0, 0.05) is 16.7 Å². The highest BCUT2D eigenvalue weighted by atomic mass is 35.5. The maximum absolute atomic E-state index is 11.4. The Labute approximate surface area is 120 Å². The van der Waals surface area contributed by atoms with Crippen molar-refractivity contribution in [3.63, 3.8) is 0 Å². The SMILES string of the molecule is Cc1cc(=O)[nH]c(Sc2ccc(CCN)cc2Cl)n1. The zero-order valence-electron chi connectivity index (χ0n) is 10.4. The molecule has 3 N–H and O–H groups in total. The van der Waals surface area contributed by atoms with Crippen molar-refractivity contribution in [1.29, 1.82) is 0 Å². The zero-order chi connectivity index (χ0) is 13.8. The second-order valence-electron chi connectivity index (χ2n) is 4.10. The standard InChI is InChI=1S/C13H14ClN3OS/c1-8-6-12(18)17-13(16-8)19-11-3-2-9(4-5-15)7-10(11)14/h2-3,6-7H,4-5,15H2,1H3,(H,16,17,18). The van der Waals surface area contributed by atoms with Gasteiger partial charge < -0.3 is 10.7 Å². The molecule has 19 heavy (non-hydrogen) atoms. The van der Waals surface area contributed by atoms with Crippen molar-refractivity contribution < 1.29 is 0 Å². The van der Waals surface area contributed by atoms with Crippen molar-refractivity contribution in [2.75, 3.05) is 6.54 Å². The van der Waals surface area contributed by atoms with Crippen molar-refractivity contribution in [2.24, 2.45) is 5.73 Å². The second kappa shape index (κ2) is 6.23. The third-order valence-corrected chi connectivity index (χ3v) is 3.87. The van der Waals surface area contributed by atoms with E-state index in [2.05, 4.69) is 9.97 Å². The number of aryl methyl sites for hydroxylation is 1. The van der Waals surface area contributed by atoms with E-state index in [0.717, 1.165) is 16.9 Å². The number of benzene rings is 1. The summed E-state index contributed by atoms with van der Waals surface area (Å²) in [6.45, 7) is 2.38. The number of halogens is 1. The molecule has 0 radical (unpaired) electrons. The molecule has 0 saturated heterocycles. The minimum atomic E-state index is -0.161. The molecule has 0 bridgehead atoms. The first-order chi connectivity index (χ1) is 9.08. The summed E-state index contributed by atoms with van der Waals surface area (Å²) in [6.07, 6.45) is 0.796. The maximum Gasteiger partial charge on any atom is 0.251 e. The van der Waals surface area contributed by atoms with Crippen LogP contribution < -0.4 is 11.3 Å². The van der Waals surface area contributed by atoms with E-state index in [1.54, 1.807) is 6.92 Å². The van der Waals surface area contributed by atoms with E-state index >= 15 is 0 Å². The van der Waals surface area contributed by atoms with Crippen molar-refractivity contribution in [1.82, 2.24) is 9.97 Å². The maximum atomic E-state index is 11.4. The van der Waals surface area contributed by atoms with Gasteiger partial charge in [-0.2, -0.15) is 0 Å². The van der Waals surface area contributed by atoms with E-state index < -0.39 is 0 Å². The lowest BCUT2D eigenvalue weighted by atomic mass is 10.1. The number of nitrogens with one attached hydrogen (secondary N) is 1. The summed E-state index contributed by atoms with van der Waals surface area (Å²) in [7, 11) is 0. The van der Waals surface area contributed by atoms with Crippen molar-refractivity contribution in [3.05, 3.63) is 50.9 Å². The number of hydrogen-bond donors (Lipinski definition) is 2. The summed E-state index contributed by atoms with van der Waals surface area (Å²) < 4.78 is 0. The molecular weight excluding hydrogens is 282 g/mol. The number of aromatic amines is 1. The number of nitrogens with two attached hydrogens (primary N) is 1. The molecule has 0 aliphatic heterocycles. The molecule has 0 unspecified atom stereocenters. The average molecular weight is 296 g/mol. The van der Waals surface area contributed by atoms with Gasteiger partial charge in [0.15, 0.2) is 5.16 Å². The van der Waals surface area contributed by atoms with Crippen LogP contribution in [0.3, 0.4) is 0 Å². The van der Waals surface area contributed by atoms with Gasteiger partial charge >= 0.3 is 0 Å². The normalized spacial score (nSPS) is 10.7. The molecule has 1 heterocycles. The average Bonchev–Trinajstić information content (AvgIpc) is 2.32. The van der Waals surface area contributed by atoms with Gasteiger partial charge in [-0.15, -0.1) is 0 Å². The molecular formula is C13H14ClN3OS. The minimum absolute atomic E-state index is 0.161. The van der Waals surface area contributed by atoms with Gasteiger partial charge in [0.1, 0.15) is 0 Å². The molecule has 100 valence electrons. The molecule has 0 spiro atoms. The lowest BCUT2D eigenvalue weighted by Gasteiger charge is -2.06. The topological polar surface area (TPSA) is 71.8 Å². The number of nitrogens with zero attached hydrogens (tertiary/aromatic N) is 1. The summed E-state index contributed by atoms with van der Waals surface area (Å²) in [5, 5.41) is 1.18. The third kappa shape index (κ3) is 3.83. The number of hydrogen-bond acceptors (Lipinski definition) is 4. The predicted molar refractivity (Wildman–Crippen MR) is 77.9 cm³/mol. The third-order valence-electron chi connectivity index (χ3n) is 2.48. The number of H-pyrrole nitrogens is 1. The van der Waals surface area contributed by atoms with Crippen LogP contribution in [0.5, 0.6) is 0 Å². The zero-order valence-corrected chi connectivity index (χ0v) is 12.0. The quantitative estimate of drug-likeness (QED) is 0.850. The summed E-state index contributed by atoms with van der Waals surface area (Å²) in [6, 6.07) is 7.25. The molecule has 0 fully saturated rings. The summed E-state index contributed by atoms with van der Waals surface area (Å²) in [5.74, 6) is 0. The fourth-order valence-corrected chi connectivity index (χ4v) is 2.81. The summed E-state index contributed by atoms with van der Waals surface area (Å²) >= 11 is 7.55. The summed E-state index contributed by atoms with van der Waals surface area (Å²) in [4.78, 5) is 19.2. The van der Waals surface area contributed by atoms with Gasteiger partial charge in [0.25, 0.3) is 5.56 Å².